The fraction of sp³-hybridized carbons (Fsp3) is 0.700. The van der Waals surface area contributed by atoms with Crippen molar-refractivity contribution in [2.24, 2.45) is 17.3 Å². The van der Waals surface area contributed by atoms with E-state index < -0.39 is 0 Å². The third-order valence-electron chi connectivity index (χ3n) is 7.35. The van der Waals surface area contributed by atoms with Crippen LogP contribution >= 0.6 is 0 Å². The van der Waals surface area contributed by atoms with E-state index in [9.17, 15) is 0 Å². The highest BCUT2D eigenvalue weighted by molar-refractivity contribution is 5.34. The van der Waals surface area contributed by atoms with Gasteiger partial charge < -0.3 is 0 Å². The maximum atomic E-state index is 2.83. The highest BCUT2D eigenvalue weighted by atomic mass is 15.2. The zero-order valence-electron chi connectivity index (χ0n) is 13.3. The van der Waals surface area contributed by atoms with Crippen LogP contribution in [0.3, 0.4) is 0 Å². The van der Waals surface area contributed by atoms with Gasteiger partial charge >= 0.3 is 0 Å². The first-order valence-electron chi connectivity index (χ1n) is 9.09. The molecule has 3 unspecified atom stereocenters. The summed E-state index contributed by atoms with van der Waals surface area (Å²) < 4.78 is 0. The number of rotatable bonds is 2. The van der Waals surface area contributed by atoms with Crippen molar-refractivity contribution in [1.29, 1.82) is 0 Å². The van der Waals surface area contributed by atoms with E-state index in [1.165, 1.54) is 58.0 Å². The van der Waals surface area contributed by atoms with E-state index in [0.29, 0.717) is 0 Å². The molecular formula is C20H27N. The van der Waals surface area contributed by atoms with Crippen LogP contribution in [0.2, 0.25) is 0 Å². The topological polar surface area (TPSA) is 3.24 Å². The SMILES string of the molecule is C[C@H]1CCc2cc(CN3CC4CCC45CCC35)ccc2C1. The Balaban J connectivity index is 1.35. The third kappa shape index (κ3) is 1.73. The molecule has 0 amide bonds. The standard InChI is InChI=1S/C20H27N/c1-14-2-4-17-11-15(3-5-16(17)10-14)12-21-13-18-6-8-20(18)9-7-19(20)21/h3,5,11,14,18-19H,2,4,6-10,12-13H2,1H3/t14-,18?,19?,20?/m0/s1. The van der Waals surface area contributed by atoms with E-state index in [2.05, 4.69) is 30.0 Å². The molecule has 0 aromatic heterocycles. The summed E-state index contributed by atoms with van der Waals surface area (Å²) in [5.74, 6) is 1.93. The zero-order chi connectivity index (χ0) is 14.0. The molecule has 1 aromatic rings. The molecular weight excluding hydrogens is 254 g/mol. The van der Waals surface area contributed by atoms with Crippen LogP contribution in [0.1, 0.15) is 55.7 Å². The Bertz CT molecular complexity index is 573. The molecule has 5 rings (SSSR count). The number of benzene rings is 1. The molecule has 3 aliphatic carbocycles. The van der Waals surface area contributed by atoms with Gasteiger partial charge in [-0.15, -0.1) is 0 Å². The molecule has 0 bridgehead atoms. The summed E-state index contributed by atoms with van der Waals surface area (Å²) in [6, 6.07) is 8.32. The summed E-state index contributed by atoms with van der Waals surface area (Å²) in [5.41, 5.74) is 5.64. The molecule has 1 heteroatoms. The van der Waals surface area contributed by atoms with Crippen LogP contribution in [-0.4, -0.2) is 17.5 Å². The normalized spacial score (nSPS) is 40.7. The molecule has 2 saturated carbocycles. The van der Waals surface area contributed by atoms with Crippen LogP contribution in [0, 0.1) is 17.3 Å². The van der Waals surface area contributed by atoms with Crippen LogP contribution in [0.5, 0.6) is 0 Å². The van der Waals surface area contributed by atoms with Crippen LogP contribution in [0.4, 0.5) is 0 Å². The summed E-state index contributed by atoms with van der Waals surface area (Å²) in [4.78, 5) is 2.83. The average Bonchev–Trinajstić information content (AvgIpc) is 2.55. The Morgan fingerprint density at radius 2 is 2.05 bits per heavy atom. The second kappa shape index (κ2) is 4.35. The highest BCUT2D eigenvalue weighted by Crippen LogP contribution is 2.65. The van der Waals surface area contributed by atoms with Gasteiger partial charge in [0.25, 0.3) is 0 Å². The first kappa shape index (κ1) is 12.7. The van der Waals surface area contributed by atoms with Gasteiger partial charge in [0.2, 0.25) is 0 Å². The number of likely N-dealkylation sites (tertiary alicyclic amines) is 1. The van der Waals surface area contributed by atoms with E-state index >= 15 is 0 Å². The summed E-state index contributed by atoms with van der Waals surface area (Å²) in [7, 11) is 0. The maximum Gasteiger partial charge on any atom is 0.0237 e. The van der Waals surface area contributed by atoms with Crippen LogP contribution in [-0.2, 0) is 19.4 Å². The van der Waals surface area contributed by atoms with E-state index in [4.69, 9.17) is 0 Å². The van der Waals surface area contributed by atoms with Gasteiger partial charge in [0, 0.05) is 19.1 Å². The largest absolute Gasteiger partial charge is 0.295 e. The second-order valence-corrected chi connectivity index (χ2v) is 8.40. The number of aryl methyl sites for hydroxylation is 1. The first-order chi connectivity index (χ1) is 10.2. The minimum absolute atomic E-state index is 0.795. The first-order valence-corrected chi connectivity index (χ1v) is 9.09. The van der Waals surface area contributed by atoms with Crippen molar-refractivity contribution < 1.29 is 0 Å². The minimum atomic E-state index is 0.795. The molecule has 1 spiro atoms. The van der Waals surface area contributed by atoms with Crippen LogP contribution in [0.15, 0.2) is 18.2 Å². The van der Waals surface area contributed by atoms with Crippen molar-refractivity contribution >= 4 is 0 Å². The van der Waals surface area contributed by atoms with Gasteiger partial charge in [0.15, 0.2) is 0 Å². The van der Waals surface area contributed by atoms with Gasteiger partial charge in [0.1, 0.15) is 0 Å². The Morgan fingerprint density at radius 3 is 2.76 bits per heavy atom. The predicted molar refractivity (Wildman–Crippen MR) is 86.2 cm³/mol. The van der Waals surface area contributed by atoms with Gasteiger partial charge in [0.05, 0.1) is 0 Å². The lowest BCUT2D eigenvalue weighted by Gasteiger charge is -2.56. The lowest BCUT2D eigenvalue weighted by Crippen LogP contribution is -2.53. The summed E-state index contributed by atoms with van der Waals surface area (Å²) >= 11 is 0. The van der Waals surface area contributed by atoms with Crippen LogP contribution < -0.4 is 0 Å². The summed E-state index contributed by atoms with van der Waals surface area (Å²) in [5, 5.41) is 0. The smallest absolute Gasteiger partial charge is 0.0237 e. The van der Waals surface area contributed by atoms with E-state index in [0.717, 1.165) is 23.3 Å². The molecule has 3 fully saturated rings. The lowest BCUT2D eigenvalue weighted by molar-refractivity contribution is -0.0477. The van der Waals surface area contributed by atoms with Crippen molar-refractivity contribution in [3.05, 3.63) is 34.9 Å². The number of nitrogens with zero attached hydrogens (tertiary/aromatic N) is 1. The maximum absolute atomic E-state index is 2.83. The Hall–Kier alpha value is -0.820. The van der Waals surface area contributed by atoms with Gasteiger partial charge in [-0.3, -0.25) is 4.90 Å². The Kier molecular flexibility index (Phi) is 2.63. The molecule has 1 nitrogen and oxygen atoms in total. The highest BCUT2D eigenvalue weighted by Gasteiger charge is 2.63. The van der Waals surface area contributed by atoms with Gasteiger partial charge in [-0.2, -0.15) is 0 Å². The van der Waals surface area contributed by atoms with Gasteiger partial charge in [-0.1, -0.05) is 25.1 Å². The zero-order valence-corrected chi connectivity index (χ0v) is 13.3. The number of hydrogen-bond donors (Lipinski definition) is 0. The molecule has 4 aliphatic rings. The van der Waals surface area contributed by atoms with Crippen molar-refractivity contribution in [1.82, 2.24) is 4.90 Å². The summed E-state index contributed by atoms with van der Waals surface area (Å²) in [6.07, 6.45) is 10.0. The van der Waals surface area contributed by atoms with Crippen molar-refractivity contribution in [3.63, 3.8) is 0 Å². The van der Waals surface area contributed by atoms with Crippen LogP contribution in [0.25, 0.3) is 0 Å². The van der Waals surface area contributed by atoms with E-state index in [-0.39, 0.29) is 0 Å². The lowest BCUT2D eigenvalue weighted by atomic mass is 9.50. The summed E-state index contributed by atoms with van der Waals surface area (Å²) in [6.45, 7) is 5.00. The average molecular weight is 281 g/mol. The third-order valence-corrected chi connectivity index (χ3v) is 7.35. The molecule has 1 aliphatic heterocycles. The fourth-order valence-electron chi connectivity index (χ4n) is 5.86. The second-order valence-electron chi connectivity index (χ2n) is 8.40. The van der Waals surface area contributed by atoms with Gasteiger partial charge in [-0.25, -0.2) is 0 Å². The molecule has 1 saturated heterocycles. The monoisotopic (exact) mass is 281 g/mol. The Morgan fingerprint density at radius 1 is 1.14 bits per heavy atom. The van der Waals surface area contributed by atoms with Crippen molar-refractivity contribution in [2.75, 3.05) is 6.54 Å². The molecule has 0 radical (unpaired) electrons. The quantitative estimate of drug-likeness (QED) is 0.786. The van der Waals surface area contributed by atoms with Crippen molar-refractivity contribution in [2.45, 2.75) is 64.5 Å². The molecule has 1 aromatic carbocycles. The molecule has 112 valence electrons. The number of hydrogen-bond acceptors (Lipinski definition) is 1. The molecule has 0 N–H and O–H groups in total. The van der Waals surface area contributed by atoms with E-state index in [1.807, 2.05) is 0 Å². The van der Waals surface area contributed by atoms with Gasteiger partial charge in [-0.05, 0) is 78.9 Å². The molecule has 4 atom stereocenters. The molecule has 1 heterocycles. The molecule has 21 heavy (non-hydrogen) atoms. The minimum Gasteiger partial charge on any atom is -0.295 e. The Labute approximate surface area is 128 Å². The van der Waals surface area contributed by atoms with Crippen molar-refractivity contribution in [3.8, 4) is 0 Å². The number of fused-ring (bicyclic) bond motifs is 1. The van der Waals surface area contributed by atoms with E-state index in [1.54, 1.807) is 16.7 Å². The fourth-order valence-corrected chi connectivity index (χ4v) is 5.86. The predicted octanol–water partition coefficient (Wildman–Crippen LogP) is 4.19.